The maximum Gasteiger partial charge on any atom is 0.282 e. The Morgan fingerprint density at radius 3 is 2.58 bits per heavy atom. The fraction of sp³-hybridized carbons (Fsp3) is 0.263. The normalized spacial score (nSPS) is 12.8. The summed E-state index contributed by atoms with van der Waals surface area (Å²) in [6.07, 6.45) is 0. The summed E-state index contributed by atoms with van der Waals surface area (Å²) in [5.41, 5.74) is 0.739. The molecule has 0 saturated carbocycles. The van der Waals surface area contributed by atoms with E-state index in [0.29, 0.717) is 16.3 Å². The van der Waals surface area contributed by atoms with Crippen molar-refractivity contribution < 1.29 is 23.6 Å². The van der Waals surface area contributed by atoms with E-state index in [1.54, 1.807) is 57.5 Å². The van der Waals surface area contributed by atoms with Crippen LogP contribution in [0, 0.1) is 5.82 Å². The number of quaternary nitrogens is 1. The van der Waals surface area contributed by atoms with Crippen LogP contribution in [0.5, 0.6) is 5.75 Å². The molecule has 3 N–H and O–H groups in total. The van der Waals surface area contributed by atoms with E-state index in [9.17, 15) is 14.0 Å². The summed E-state index contributed by atoms with van der Waals surface area (Å²) < 4.78 is 18.7. The van der Waals surface area contributed by atoms with Gasteiger partial charge in [0.1, 0.15) is 11.6 Å². The van der Waals surface area contributed by atoms with Gasteiger partial charge in [0.05, 0.1) is 19.8 Å². The standard InChI is InChI=1S/C19H22FN3O3/c1-13(19(25)22-17-10-5-4-9-16(17)20)23(2)12-18(24)21-14-7-6-8-15(11-14)26-3/h4-11,13H,12H2,1-3H3,(H,21,24)(H,22,25)/p+1/t13-/m1/s1. The van der Waals surface area contributed by atoms with E-state index in [-0.39, 0.29) is 24.0 Å². The molecule has 2 atom stereocenters. The number of hydrogen-bond acceptors (Lipinski definition) is 3. The molecule has 0 spiro atoms. The summed E-state index contributed by atoms with van der Waals surface area (Å²) in [6.45, 7) is 1.77. The van der Waals surface area contributed by atoms with E-state index >= 15 is 0 Å². The molecular formula is C19H23FN3O3+. The van der Waals surface area contributed by atoms with E-state index < -0.39 is 11.9 Å². The number of nitrogens with one attached hydrogen (secondary N) is 3. The number of carbonyl (C=O) groups excluding carboxylic acids is 2. The van der Waals surface area contributed by atoms with E-state index in [0.717, 1.165) is 0 Å². The Kier molecular flexibility index (Phi) is 6.68. The second-order valence-electron chi connectivity index (χ2n) is 5.99. The predicted octanol–water partition coefficient (Wildman–Crippen LogP) is 1.31. The summed E-state index contributed by atoms with van der Waals surface area (Å²) >= 11 is 0. The number of hydrogen-bond donors (Lipinski definition) is 3. The molecule has 0 radical (unpaired) electrons. The molecule has 26 heavy (non-hydrogen) atoms. The van der Waals surface area contributed by atoms with E-state index in [1.165, 1.54) is 12.1 Å². The zero-order valence-electron chi connectivity index (χ0n) is 15.0. The fourth-order valence-corrected chi connectivity index (χ4v) is 2.34. The quantitative estimate of drug-likeness (QED) is 0.697. The van der Waals surface area contributed by atoms with Gasteiger partial charge in [-0.3, -0.25) is 9.59 Å². The van der Waals surface area contributed by atoms with Crippen molar-refractivity contribution in [3.05, 3.63) is 54.3 Å². The van der Waals surface area contributed by atoms with Gasteiger partial charge < -0.3 is 20.3 Å². The lowest BCUT2D eigenvalue weighted by atomic mass is 10.2. The number of likely N-dealkylation sites (N-methyl/N-ethyl adjacent to an activating group) is 1. The first-order chi connectivity index (χ1) is 12.4. The molecule has 0 heterocycles. The Labute approximate surface area is 152 Å². The average Bonchev–Trinajstić information content (AvgIpc) is 2.62. The second kappa shape index (κ2) is 8.96. The van der Waals surface area contributed by atoms with Crippen molar-refractivity contribution in [2.75, 3.05) is 31.3 Å². The van der Waals surface area contributed by atoms with Gasteiger partial charge in [0.15, 0.2) is 12.6 Å². The largest absolute Gasteiger partial charge is 0.497 e. The first-order valence-corrected chi connectivity index (χ1v) is 8.22. The first-order valence-electron chi connectivity index (χ1n) is 8.22. The number of para-hydroxylation sites is 1. The Hall–Kier alpha value is -2.93. The number of halogens is 1. The van der Waals surface area contributed by atoms with Crippen molar-refractivity contribution in [3.63, 3.8) is 0 Å². The number of amides is 2. The highest BCUT2D eigenvalue weighted by atomic mass is 19.1. The van der Waals surface area contributed by atoms with Gasteiger partial charge in [-0.05, 0) is 31.2 Å². The molecule has 1 unspecified atom stereocenters. The minimum Gasteiger partial charge on any atom is -0.497 e. The van der Waals surface area contributed by atoms with Crippen LogP contribution < -0.4 is 20.3 Å². The molecule has 0 aromatic heterocycles. The van der Waals surface area contributed by atoms with Crippen LogP contribution in [0.15, 0.2) is 48.5 Å². The molecule has 0 bridgehead atoms. The van der Waals surface area contributed by atoms with Crippen LogP contribution in [-0.4, -0.2) is 38.6 Å². The smallest absolute Gasteiger partial charge is 0.282 e. The summed E-state index contributed by atoms with van der Waals surface area (Å²) in [5.74, 6) is -0.453. The molecule has 0 aliphatic heterocycles. The third kappa shape index (κ3) is 5.29. The van der Waals surface area contributed by atoms with Crippen LogP contribution in [0.2, 0.25) is 0 Å². The van der Waals surface area contributed by atoms with Crippen LogP contribution in [-0.2, 0) is 9.59 Å². The third-order valence-electron chi connectivity index (χ3n) is 4.06. The molecule has 2 rings (SSSR count). The minimum absolute atomic E-state index is 0.0864. The molecule has 0 aliphatic rings. The summed E-state index contributed by atoms with van der Waals surface area (Å²) in [6, 6.07) is 12.4. The zero-order chi connectivity index (χ0) is 19.1. The van der Waals surface area contributed by atoms with Gasteiger partial charge in [0.2, 0.25) is 0 Å². The Morgan fingerprint density at radius 2 is 1.88 bits per heavy atom. The van der Waals surface area contributed by atoms with E-state index in [2.05, 4.69) is 10.6 Å². The lowest BCUT2D eigenvalue weighted by Crippen LogP contribution is -3.14. The number of ether oxygens (including phenoxy) is 1. The maximum atomic E-state index is 13.6. The number of anilines is 2. The Morgan fingerprint density at radius 1 is 1.15 bits per heavy atom. The summed E-state index contributed by atoms with van der Waals surface area (Å²) in [7, 11) is 3.28. The van der Waals surface area contributed by atoms with Crippen molar-refractivity contribution >= 4 is 23.2 Å². The molecule has 6 nitrogen and oxygen atoms in total. The zero-order valence-corrected chi connectivity index (χ0v) is 15.0. The van der Waals surface area contributed by atoms with Gasteiger partial charge >= 0.3 is 0 Å². The average molecular weight is 360 g/mol. The molecule has 2 amide bonds. The number of benzene rings is 2. The SMILES string of the molecule is COc1cccc(NC(=O)C[NH+](C)[C@H](C)C(=O)Nc2ccccc2F)c1. The Bertz CT molecular complexity index is 782. The van der Waals surface area contributed by atoms with Crippen molar-refractivity contribution in [1.82, 2.24) is 0 Å². The predicted molar refractivity (Wildman–Crippen MR) is 97.9 cm³/mol. The highest BCUT2D eigenvalue weighted by Crippen LogP contribution is 2.16. The molecule has 0 saturated heterocycles. The molecule has 0 aliphatic carbocycles. The van der Waals surface area contributed by atoms with Gasteiger partial charge in [0, 0.05) is 11.8 Å². The van der Waals surface area contributed by atoms with Gasteiger partial charge in [-0.15, -0.1) is 0 Å². The molecule has 0 fully saturated rings. The van der Waals surface area contributed by atoms with E-state index in [4.69, 9.17) is 4.74 Å². The minimum atomic E-state index is -0.536. The lowest BCUT2D eigenvalue weighted by molar-refractivity contribution is -0.885. The van der Waals surface area contributed by atoms with Gasteiger partial charge in [0.25, 0.3) is 11.8 Å². The monoisotopic (exact) mass is 360 g/mol. The molecule has 7 heteroatoms. The molecule has 138 valence electrons. The van der Waals surface area contributed by atoms with Crippen molar-refractivity contribution in [3.8, 4) is 5.75 Å². The van der Waals surface area contributed by atoms with Crippen molar-refractivity contribution in [2.45, 2.75) is 13.0 Å². The molecule has 2 aromatic carbocycles. The van der Waals surface area contributed by atoms with Crippen LogP contribution in [0.3, 0.4) is 0 Å². The molecule has 2 aromatic rings. The van der Waals surface area contributed by atoms with Gasteiger partial charge in [-0.25, -0.2) is 4.39 Å². The van der Waals surface area contributed by atoms with Crippen molar-refractivity contribution in [2.24, 2.45) is 0 Å². The van der Waals surface area contributed by atoms with Crippen LogP contribution in [0.1, 0.15) is 6.92 Å². The maximum absolute atomic E-state index is 13.6. The van der Waals surface area contributed by atoms with Crippen LogP contribution in [0.25, 0.3) is 0 Å². The Balaban J connectivity index is 1.90. The number of methoxy groups -OCH3 is 1. The lowest BCUT2D eigenvalue weighted by Gasteiger charge is -2.20. The van der Waals surface area contributed by atoms with Crippen LogP contribution in [0.4, 0.5) is 15.8 Å². The number of carbonyl (C=O) groups is 2. The second-order valence-corrected chi connectivity index (χ2v) is 5.99. The van der Waals surface area contributed by atoms with Gasteiger partial charge in [-0.1, -0.05) is 18.2 Å². The highest BCUT2D eigenvalue weighted by molar-refractivity contribution is 5.94. The third-order valence-corrected chi connectivity index (χ3v) is 4.06. The van der Waals surface area contributed by atoms with Crippen molar-refractivity contribution in [1.29, 1.82) is 0 Å². The topological polar surface area (TPSA) is 71.9 Å². The fourth-order valence-electron chi connectivity index (χ4n) is 2.34. The van der Waals surface area contributed by atoms with Gasteiger partial charge in [-0.2, -0.15) is 0 Å². The summed E-state index contributed by atoms with van der Waals surface area (Å²) in [5, 5.41) is 5.31. The summed E-state index contributed by atoms with van der Waals surface area (Å²) in [4.78, 5) is 25.2. The highest BCUT2D eigenvalue weighted by Gasteiger charge is 2.24. The van der Waals surface area contributed by atoms with E-state index in [1.807, 2.05) is 0 Å². The van der Waals surface area contributed by atoms with Crippen LogP contribution >= 0.6 is 0 Å². The molecular weight excluding hydrogens is 337 g/mol. The first kappa shape index (κ1) is 19.4. The number of rotatable bonds is 7.